The van der Waals surface area contributed by atoms with Crippen LogP contribution >= 0.6 is 22.6 Å². The van der Waals surface area contributed by atoms with Crippen LogP contribution in [0.25, 0.3) is 0 Å². The zero-order valence-electron chi connectivity index (χ0n) is 30.2. The highest BCUT2D eigenvalue weighted by Crippen LogP contribution is 2.46. The lowest BCUT2D eigenvalue weighted by molar-refractivity contribution is -0.125. The van der Waals surface area contributed by atoms with Gasteiger partial charge in [0.1, 0.15) is 29.5 Å². The maximum absolute atomic E-state index is 13.6. The quantitative estimate of drug-likeness (QED) is 0.0962. The fraction of sp³-hybridized carbons (Fsp3) is 0.149. The van der Waals surface area contributed by atoms with Gasteiger partial charge in [-0.1, -0.05) is 182 Å². The maximum atomic E-state index is 13.6. The molecule has 2 heterocycles. The summed E-state index contributed by atoms with van der Waals surface area (Å²) in [7, 11) is 0. The van der Waals surface area contributed by atoms with Gasteiger partial charge in [0.15, 0.2) is 6.23 Å². The summed E-state index contributed by atoms with van der Waals surface area (Å²) in [6.07, 6.45) is -3.19. The SMILES string of the molecule is O=c1[nH]c(=O)n([C@@H]2O[C@H](COC(c3ccccc3)(c3ccccc3)c3ccccc3)[C@@H](O)[C@H]2OC(c2ccccc2)(c2ccccc2)c2ccccc2)cc1I. The van der Waals surface area contributed by atoms with Crippen LogP contribution < -0.4 is 11.2 Å². The number of aromatic nitrogens is 2. The monoisotopic (exact) mass is 854 g/mol. The van der Waals surface area contributed by atoms with Crippen LogP contribution in [0.4, 0.5) is 0 Å². The highest BCUT2D eigenvalue weighted by atomic mass is 127. The van der Waals surface area contributed by atoms with Crippen LogP contribution in [0, 0.1) is 3.57 Å². The minimum absolute atomic E-state index is 0.0968. The van der Waals surface area contributed by atoms with Crippen LogP contribution in [-0.2, 0) is 25.4 Å². The molecule has 6 aromatic carbocycles. The van der Waals surface area contributed by atoms with Gasteiger partial charge in [-0.25, -0.2) is 4.79 Å². The van der Waals surface area contributed by atoms with Crippen molar-refractivity contribution in [3.63, 3.8) is 0 Å². The zero-order valence-corrected chi connectivity index (χ0v) is 32.4. The second kappa shape index (κ2) is 16.4. The number of aliphatic hydroxyl groups excluding tert-OH is 1. The molecule has 4 atom stereocenters. The Balaban J connectivity index is 1.27. The third-order valence-corrected chi connectivity index (χ3v) is 11.1. The van der Waals surface area contributed by atoms with Gasteiger partial charge >= 0.3 is 5.69 Å². The first-order valence-electron chi connectivity index (χ1n) is 18.4. The van der Waals surface area contributed by atoms with Crippen LogP contribution in [0.3, 0.4) is 0 Å². The predicted molar refractivity (Wildman–Crippen MR) is 223 cm³/mol. The summed E-state index contributed by atoms with van der Waals surface area (Å²) in [6, 6.07) is 59.3. The molecule has 1 fully saturated rings. The Labute approximate surface area is 338 Å². The molecule has 9 heteroatoms. The Morgan fingerprint density at radius 1 is 0.589 bits per heavy atom. The van der Waals surface area contributed by atoms with Gasteiger partial charge in [0, 0.05) is 6.20 Å². The fourth-order valence-corrected chi connectivity index (χ4v) is 8.19. The van der Waals surface area contributed by atoms with E-state index >= 15 is 0 Å². The minimum atomic E-state index is -1.31. The Morgan fingerprint density at radius 3 is 1.32 bits per heavy atom. The highest BCUT2D eigenvalue weighted by molar-refractivity contribution is 14.1. The molecule has 0 saturated carbocycles. The second-order valence-electron chi connectivity index (χ2n) is 13.7. The van der Waals surface area contributed by atoms with E-state index in [9.17, 15) is 14.7 Å². The average molecular weight is 855 g/mol. The van der Waals surface area contributed by atoms with E-state index < -0.39 is 47.0 Å². The largest absolute Gasteiger partial charge is 0.387 e. The molecule has 1 aromatic heterocycles. The molecular formula is C47H39IN2O6. The molecule has 8 rings (SSSR count). The third-order valence-electron chi connectivity index (χ3n) is 10.4. The number of H-pyrrole nitrogens is 1. The molecule has 0 bridgehead atoms. The molecule has 1 aliphatic rings. The second-order valence-corrected chi connectivity index (χ2v) is 14.8. The molecule has 0 aliphatic carbocycles. The summed E-state index contributed by atoms with van der Waals surface area (Å²) in [5, 5.41) is 12.6. The first-order valence-corrected chi connectivity index (χ1v) is 19.5. The van der Waals surface area contributed by atoms with Gasteiger partial charge < -0.3 is 19.3 Å². The number of hydrogen-bond donors (Lipinski definition) is 2. The van der Waals surface area contributed by atoms with Crippen molar-refractivity contribution < 1.29 is 19.3 Å². The minimum Gasteiger partial charge on any atom is -0.387 e. The van der Waals surface area contributed by atoms with Gasteiger partial charge in [0.25, 0.3) is 5.56 Å². The molecule has 1 aliphatic heterocycles. The lowest BCUT2D eigenvalue weighted by atomic mass is 9.79. The fourth-order valence-electron chi connectivity index (χ4n) is 7.76. The van der Waals surface area contributed by atoms with Crippen LogP contribution in [-0.4, -0.2) is 39.6 Å². The number of halogens is 1. The average Bonchev–Trinajstić information content (AvgIpc) is 3.56. The summed E-state index contributed by atoms with van der Waals surface area (Å²) in [4.78, 5) is 28.7. The molecule has 0 radical (unpaired) electrons. The summed E-state index contributed by atoms with van der Waals surface area (Å²) in [6.45, 7) is -0.0968. The first-order chi connectivity index (χ1) is 27.4. The van der Waals surface area contributed by atoms with Crippen molar-refractivity contribution >= 4 is 22.6 Å². The summed E-state index contributed by atoms with van der Waals surface area (Å²) < 4.78 is 22.8. The number of benzene rings is 6. The molecular weight excluding hydrogens is 815 g/mol. The van der Waals surface area contributed by atoms with Crippen molar-refractivity contribution in [1.29, 1.82) is 0 Å². The summed E-state index contributed by atoms with van der Waals surface area (Å²) >= 11 is 1.89. The molecule has 0 spiro atoms. The number of hydrogen-bond acceptors (Lipinski definition) is 6. The topological polar surface area (TPSA) is 103 Å². The van der Waals surface area contributed by atoms with Gasteiger partial charge in [-0.2, -0.15) is 0 Å². The van der Waals surface area contributed by atoms with E-state index in [2.05, 4.69) is 4.98 Å². The van der Waals surface area contributed by atoms with Crippen LogP contribution in [0.1, 0.15) is 39.6 Å². The molecule has 2 N–H and O–H groups in total. The van der Waals surface area contributed by atoms with Gasteiger partial charge in [0.2, 0.25) is 0 Å². The van der Waals surface area contributed by atoms with Crippen molar-refractivity contribution in [1.82, 2.24) is 9.55 Å². The summed E-state index contributed by atoms with van der Waals surface area (Å²) in [5.74, 6) is 0. The van der Waals surface area contributed by atoms with E-state index in [1.807, 2.05) is 205 Å². The van der Waals surface area contributed by atoms with Crippen LogP contribution in [0.2, 0.25) is 0 Å². The number of nitrogens with zero attached hydrogens (tertiary/aromatic N) is 1. The predicted octanol–water partition coefficient (Wildman–Crippen LogP) is 7.79. The molecule has 0 unspecified atom stereocenters. The lowest BCUT2D eigenvalue weighted by Gasteiger charge is -2.40. The van der Waals surface area contributed by atoms with E-state index in [-0.39, 0.29) is 10.2 Å². The van der Waals surface area contributed by atoms with Crippen molar-refractivity contribution in [2.24, 2.45) is 0 Å². The standard InChI is InChI=1S/C47H39IN2O6/c48-39-31-50(45(53)49-43(39)52)44-42(56-47(36-25-13-4-14-26-36,37-27-15-5-16-28-37)38-29-17-6-18-30-38)41(51)40(55-44)32-54-46(33-19-7-1-8-20-33,34-21-9-2-10-22-34)35-23-11-3-12-24-35/h1-31,40-42,44,51H,32H2,(H,49,52,53)/t40-,41-,42-,44-/m1/s1. The first kappa shape index (κ1) is 37.5. The molecule has 56 heavy (non-hydrogen) atoms. The molecule has 0 amide bonds. The Kier molecular flexibility index (Phi) is 10.9. The van der Waals surface area contributed by atoms with Crippen molar-refractivity contribution in [2.75, 3.05) is 6.61 Å². The van der Waals surface area contributed by atoms with E-state index in [0.29, 0.717) is 0 Å². The van der Waals surface area contributed by atoms with Crippen molar-refractivity contribution in [2.45, 2.75) is 35.7 Å². The van der Waals surface area contributed by atoms with Crippen molar-refractivity contribution in [3.8, 4) is 0 Å². The Hall–Kier alpha value is -5.43. The normalized spacial score (nSPS) is 18.5. The van der Waals surface area contributed by atoms with Gasteiger partial charge in [0.05, 0.1) is 10.2 Å². The van der Waals surface area contributed by atoms with E-state index in [4.69, 9.17) is 14.2 Å². The summed E-state index contributed by atoms with van der Waals surface area (Å²) in [5.41, 5.74) is 1.49. The van der Waals surface area contributed by atoms with Gasteiger partial charge in [-0.15, -0.1) is 0 Å². The number of aliphatic hydroxyl groups is 1. The number of aromatic amines is 1. The molecule has 8 nitrogen and oxygen atoms in total. The van der Waals surface area contributed by atoms with Crippen molar-refractivity contribution in [3.05, 3.63) is 246 Å². The number of nitrogens with one attached hydrogen (secondary N) is 1. The van der Waals surface area contributed by atoms with Gasteiger partial charge in [-0.3, -0.25) is 14.3 Å². The van der Waals surface area contributed by atoms with E-state index in [1.165, 1.54) is 10.8 Å². The molecule has 280 valence electrons. The zero-order chi connectivity index (χ0) is 38.5. The Morgan fingerprint density at radius 2 is 0.946 bits per heavy atom. The van der Waals surface area contributed by atoms with E-state index in [1.54, 1.807) is 0 Å². The van der Waals surface area contributed by atoms with Gasteiger partial charge in [-0.05, 0) is 56.0 Å². The maximum Gasteiger partial charge on any atom is 0.330 e. The lowest BCUT2D eigenvalue weighted by Crippen LogP contribution is -2.46. The molecule has 1 saturated heterocycles. The molecule has 7 aromatic rings. The van der Waals surface area contributed by atoms with E-state index in [0.717, 1.165) is 33.4 Å². The van der Waals surface area contributed by atoms with Crippen LogP contribution in [0.15, 0.2) is 198 Å². The third kappa shape index (κ3) is 6.97. The number of ether oxygens (including phenoxy) is 3. The van der Waals surface area contributed by atoms with Crippen LogP contribution in [0.5, 0.6) is 0 Å². The number of rotatable bonds is 12. The highest BCUT2D eigenvalue weighted by Gasteiger charge is 2.52. The Bertz CT molecular complexity index is 2270. The smallest absolute Gasteiger partial charge is 0.330 e.